The number of alkyl halides is 2. The first-order valence-electron chi connectivity index (χ1n) is 18.7. The first kappa shape index (κ1) is 56.0. The minimum atomic E-state index is -0.760. The first-order valence-corrected chi connectivity index (χ1v) is 21.0. The van der Waals surface area contributed by atoms with Crippen molar-refractivity contribution in [3.63, 3.8) is 0 Å². The number of unbranched alkanes of at least 4 members (excludes halogenated alkanes) is 2. The summed E-state index contributed by atoms with van der Waals surface area (Å²) in [7, 11) is 1.00. The lowest BCUT2D eigenvalue weighted by Gasteiger charge is -2.24. The van der Waals surface area contributed by atoms with Crippen molar-refractivity contribution < 1.29 is 34.2 Å². The average Bonchev–Trinajstić information content (AvgIpc) is 3.17. The van der Waals surface area contributed by atoms with Crippen LogP contribution < -0.4 is 27.0 Å². The number of aliphatic hydroxyl groups excluding tert-OH is 2. The van der Waals surface area contributed by atoms with Gasteiger partial charge < -0.3 is 37.2 Å². The Hall–Kier alpha value is -3.33. The van der Waals surface area contributed by atoms with Gasteiger partial charge in [0.15, 0.2) is 5.78 Å². The highest BCUT2D eigenvalue weighted by molar-refractivity contribution is 9.08. The van der Waals surface area contributed by atoms with E-state index in [1.807, 2.05) is 45.9 Å². The van der Waals surface area contributed by atoms with Gasteiger partial charge >= 0.3 is 6.03 Å². The third-order valence-electron chi connectivity index (χ3n) is 7.57. The molecule has 2 aromatic rings. The number of benzene rings is 2. The van der Waals surface area contributed by atoms with Gasteiger partial charge in [-0.05, 0) is 72.6 Å². The summed E-state index contributed by atoms with van der Waals surface area (Å²) in [4.78, 5) is 63.1. The van der Waals surface area contributed by atoms with Gasteiger partial charge in [-0.15, -0.1) is 0 Å². The van der Waals surface area contributed by atoms with Crippen LogP contribution in [0.1, 0.15) is 127 Å². The predicted molar refractivity (Wildman–Crippen MR) is 232 cm³/mol. The van der Waals surface area contributed by atoms with Crippen LogP contribution in [0, 0.1) is 11.8 Å². The van der Waals surface area contributed by atoms with Crippen molar-refractivity contribution in [2.24, 2.45) is 17.6 Å². The van der Waals surface area contributed by atoms with Crippen molar-refractivity contribution in [1.29, 1.82) is 0 Å². The molecule has 2 atom stereocenters. The Bertz CT molecular complexity index is 1340. The maximum Gasteiger partial charge on any atom is 0.312 e. The minimum Gasteiger partial charge on any atom is -0.400 e. The second-order valence-corrected chi connectivity index (χ2v) is 13.6. The fraction of sp³-hybridized carbons (Fsp3) is 0.585. The Morgan fingerprint density at radius 3 is 1.84 bits per heavy atom. The molecule has 12 nitrogen and oxygen atoms in total. The number of carbonyl (C=O) groups is 5. The zero-order chi connectivity index (χ0) is 41.5. The van der Waals surface area contributed by atoms with Gasteiger partial charge in [0.2, 0.25) is 11.8 Å². The molecule has 5 amide bonds. The van der Waals surface area contributed by atoms with Gasteiger partial charge in [0.05, 0.1) is 12.6 Å². The van der Waals surface area contributed by atoms with Crippen LogP contribution in [0.2, 0.25) is 0 Å². The number of Topliss-reactive ketones (excluding diaryl/α,β-unsaturated/α-hetero) is 1. The number of carbonyl (C=O) groups excluding carboxylic acids is 5. The molecular formula is C41H69Br2N5O7. The van der Waals surface area contributed by atoms with Crippen molar-refractivity contribution in [2.45, 2.75) is 124 Å². The number of aliphatic hydroxyl groups is 2. The molecule has 8 N–H and O–H groups in total. The van der Waals surface area contributed by atoms with Crippen LogP contribution in [0.25, 0.3) is 0 Å². The van der Waals surface area contributed by atoms with E-state index in [4.69, 9.17) is 10.8 Å². The van der Waals surface area contributed by atoms with Crippen LogP contribution in [0.3, 0.4) is 0 Å². The van der Waals surface area contributed by atoms with E-state index in [-0.39, 0.29) is 62.8 Å². The van der Waals surface area contributed by atoms with Crippen molar-refractivity contribution in [3.05, 3.63) is 64.7 Å². The van der Waals surface area contributed by atoms with E-state index < -0.39 is 18.0 Å². The molecule has 0 bridgehead atoms. The highest BCUT2D eigenvalue weighted by Crippen LogP contribution is 2.20. The van der Waals surface area contributed by atoms with E-state index in [1.165, 1.54) is 6.42 Å². The van der Waals surface area contributed by atoms with Gasteiger partial charge in [-0.2, -0.15) is 0 Å². The summed E-state index contributed by atoms with van der Waals surface area (Å²) in [6.45, 7) is 12.6. The summed E-state index contributed by atoms with van der Waals surface area (Å²) >= 11 is 6.88. The lowest BCUT2D eigenvalue weighted by Crippen LogP contribution is -2.45. The van der Waals surface area contributed by atoms with Crippen LogP contribution in [-0.4, -0.2) is 66.0 Å². The molecule has 0 aliphatic carbocycles. The molecule has 2 rings (SSSR count). The number of ketones is 1. The van der Waals surface area contributed by atoms with E-state index in [1.54, 1.807) is 24.3 Å². The maximum absolute atomic E-state index is 13.4. The number of amides is 5. The van der Waals surface area contributed by atoms with Crippen LogP contribution in [0.4, 0.5) is 10.5 Å². The Morgan fingerprint density at radius 2 is 1.35 bits per heavy atom. The molecule has 0 aromatic heterocycles. The van der Waals surface area contributed by atoms with Crippen molar-refractivity contribution in [3.8, 4) is 0 Å². The van der Waals surface area contributed by atoms with Crippen molar-refractivity contribution in [2.75, 3.05) is 25.5 Å². The van der Waals surface area contributed by atoms with E-state index >= 15 is 0 Å². The van der Waals surface area contributed by atoms with Crippen LogP contribution in [-0.2, 0) is 31.7 Å². The molecule has 0 heterocycles. The molecule has 0 spiro atoms. The molecule has 0 fully saturated rings. The SMILES string of the molecule is C.CC.CC(C)[C@H](NC(=O)CCCCCNC(=O)c1cc(CBr)cc(CBr)c1)C(=O)C[C@@H](CCCNC(N)=O)C(=O)Nc1ccc(CO)cc1.CCC.CO. The number of halogens is 2. The molecule has 55 heavy (non-hydrogen) atoms. The molecule has 314 valence electrons. The van der Waals surface area contributed by atoms with Crippen LogP contribution in [0.5, 0.6) is 0 Å². The normalized spacial score (nSPS) is 11.0. The largest absolute Gasteiger partial charge is 0.400 e. The van der Waals surface area contributed by atoms with Gasteiger partial charge in [0.1, 0.15) is 0 Å². The summed E-state index contributed by atoms with van der Waals surface area (Å²) in [5, 5.41) is 28.7. The fourth-order valence-corrected chi connectivity index (χ4v) is 5.64. The Morgan fingerprint density at radius 1 is 0.800 bits per heavy atom. The average molecular weight is 904 g/mol. The maximum atomic E-state index is 13.4. The van der Waals surface area contributed by atoms with Gasteiger partial charge in [-0.3, -0.25) is 19.2 Å². The van der Waals surface area contributed by atoms with Gasteiger partial charge in [0.25, 0.3) is 5.91 Å². The fourth-order valence-electron chi connectivity index (χ4n) is 5.00. The van der Waals surface area contributed by atoms with E-state index in [9.17, 15) is 29.1 Å². The summed E-state index contributed by atoms with van der Waals surface area (Å²) in [6.07, 6.45) is 4.18. The van der Waals surface area contributed by atoms with E-state index in [0.29, 0.717) is 59.7 Å². The minimum absolute atomic E-state index is 0. The summed E-state index contributed by atoms with van der Waals surface area (Å²) < 4.78 is 0. The van der Waals surface area contributed by atoms with Crippen LogP contribution in [0.15, 0.2) is 42.5 Å². The van der Waals surface area contributed by atoms with Gasteiger partial charge in [0, 0.05) is 60.9 Å². The molecule has 14 heteroatoms. The molecule has 0 radical (unpaired) electrons. The molecule has 0 saturated heterocycles. The Labute approximate surface area is 347 Å². The van der Waals surface area contributed by atoms with Crippen LogP contribution >= 0.6 is 31.9 Å². The molecule has 2 aromatic carbocycles. The Balaban J connectivity index is -0.00000316. The zero-order valence-corrected chi connectivity index (χ0v) is 36.4. The molecular weight excluding hydrogens is 834 g/mol. The lowest BCUT2D eigenvalue weighted by atomic mass is 9.89. The number of urea groups is 1. The van der Waals surface area contributed by atoms with E-state index in [0.717, 1.165) is 24.7 Å². The van der Waals surface area contributed by atoms with Crippen molar-refractivity contribution in [1.82, 2.24) is 16.0 Å². The summed E-state index contributed by atoms with van der Waals surface area (Å²) in [6, 6.07) is 11.1. The van der Waals surface area contributed by atoms with Gasteiger partial charge in [-0.25, -0.2) is 4.79 Å². The molecule has 0 aliphatic rings. The molecule has 0 saturated carbocycles. The topological polar surface area (TPSA) is 200 Å². The monoisotopic (exact) mass is 901 g/mol. The standard InChI is InChI=1S/C34H47Br2N5O6.C3H8.C2H6.CH4O.CH4/c1-22(2)31(41-30(44)8-4-3-5-13-38-32(45)27-16-24(19-35)15-25(17-27)20-36)29(43)18-26(7-6-14-39-34(37)47)33(46)40-28-11-9-23(21-42)10-12-28;1-3-2;2*1-2;/h9-12,15-17,22,26,31,42H,3-8,13-14,18-21H2,1-2H3,(H,38,45)(H,40,46)(H,41,44)(H3,37,39,47);3H2,1-2H3;1-2H3;2H,1H3;1H4/t26-,31+;;;;/m1..../s1. The number of rotatable bonds is 21. The number of hydrogen-bond donors (Lipinski definition) is 7. The molecule has 0 unspecified atom stereocenters. The van der Waals surface area contributed by atoms with Gasteiger partial charge in [-0.1, -0.05) is 112 Å². The number of anilines is 1. The number of nitrogens with one attached hydrogen (secondary N) is 4. The molecule has 0 aliphatic heterocycles. The lowest BCUT2D eigenvalue weighted by molar-refractivity contribution is -0.131. The smallest absolute Gasteiger partial charge is 0.312 e. The predicted octanol–water partition coefficient (Wildman–Crippen LogP) is 7.75. The highest BCUT2D eigenvalue weighted by Gasteiger charge is 2.29. The zero-order valence-electron chi connectivity index (χ0n) is 33.2. The van der Waals surface area contributed by atoms with Crippen molar-refractivity contribution >= 4 is 67.1 Å². The number of hydrogen-bond acceptors (Lipinski definition) is 7. The Kier molecular flexibility index (Phi) is 35.8. The van der Waals surface area contributed by atoms with E-state index in [2.05, 4.69) is 67.0 Å². The summed E-state index contributed by atoms with van der Waals surface area (Å²) in [5.41, 5.74) is 9.03. The quantitative estimate of drug-likeness (QED) is 0.0491. The third kappa shape index (κ3) is 25.5. The second-order valence-electron chi connectivity index (χ2n) is 12.5. The highest BCUT2D eigenvalue weighted by atomic mass is 79.9. The number of primary amides is 1. The second kappa shape index (κ2) is 35.1. The first-order chi connectivity index (χ1) is 25.9. The third-order valence-corrected chi connectivity index (χ3v) is 8.87. The summed E-state index contributed by atoms with van der Waals surface area (Å²) in [5.74, 6) is -1.87. The number of nitrogens with two attached hydrogens (primary N) is 1.